The van der Waals surface area contributed by atoms with E-state index in [2.05, 4.69) is 0 Å². The molecule has 0 aliphatic heterocycles. The van der Waals surface area contributed by atoms with Crippen LogP contribution in [0.1, 0.15) is 28.4 Å². The van der Waals surface area contributed by atoms with Crippen molar-refractivity contribution in [3.8, 4) is 5.75 Å². The van der Waals surface area contributed by atoms with Crippen LogP contribution in [0.4, 0.5) is 0 Å². The van der Waals surface area contributed by atoms with Crippen LogP contribution in [0, 0.1) is 6.92 Å². The second-order valence-electron chi connectivity index (χ2n) is 4.83. The molecular formula is C18H20O3S. The summed E-state index contributed by atoms with van der Waals surface area (Å²) in [4.78, 5) is 13.0. The monoisotopic (exact) mass is 316 g/mol. The van der Waals surface area contributed by atoms with Gasteiger partial charge >= 0.3 is 5.97 Å². The van der Waals surface area contributed by atoms with E-state index in [1.165, 1.54) is 5.56 Å². The number of carbonyl (C=O) groups is 1. The molecule has 0 amide bonds. The van der Waals surface area contributed by atoms with E-state index in [4.69, 9.17) is 9.47 Å². The van der Waals surface area contributed by atoms with Crippen LogP contribution in [-0.2, 0) is 10.5 Å². The molecule has 0 aliphatic carbocycles. The highest BCUT2D eigenvalue weighted by Crippen LogP contribution is 2.26. The Kier molecular flexibility index (Phi) is 5.90. The third-order valence-corrected chi connectivity index (χ3v) is 4.33. The molecule has 0 saturated carbocycles. The average Bonchev–Trinajstić information content (AvgIpc) is 2.54. The van der Waals surface area contributed by atoms with E-state index >= 15 is 0 Å². The van der Waals surface area contributed by atoms with Crippen molar-refractivity contribution < 1.29 is 14.3 Å². The summed E-state index contributed by atoms with van der Waals surface area (Å²) in [7, 11) is 1.66. The number of hydrogen-bond acceptors (Lipinski definition) is 4. The number of carbonyl (C=O) groups excluding carboxylic acids is 1. The second kappa shape index (κ2) is 7.90. The minimum atomic E-state index is -0.258. The van der Waals surface area contributed by atoms with E-state index in [1.807, 2.05) is 56.3 Å². The minimum absolute atomic E-state index is 0.258. The third-order valence-electron chi connectivity index (χ3n) is 3.27. The van der Waals surface area contributed by atoms with E-state index < -0.39 is 0 Å². The van der Waals surface area contributed by atoms with Gasteiger partial charge in [-0.3, -0.25) is 0 Å². The molecule has 0 fully saturated rings. The van der Waals surface area contributed by atoms with Gasteiger partial charge in [-0.1, -0.05) is 18.2 Å². The molecule has 0 spiro atoms. The van der Waals surface area contributed by atoms with Crippen molar-refractivity contribution in [2.75, 3.05) is 13.7 Å². The van der Waals surface area contributed by atoms with Gasteiger partial charge in [0.15, 0.2) is 0 Å². The van der Waals surface area contributed by atoms with E-state index in [1.54, 1.807) is 18.9 Å². The largest absolute Gasteiger partial charge is 0.497 e. The summed E-state index contributed by atoms with van der Waals surface area (Å²) in [5, 5.41) is 0. The summed E-state index contributed by atoms with van der Waals surface area (Å²) in [5.41, 5.74) is 2.79. The maximum absolute atomic E-state index is 11.9. The number of ether oxygens (including phenoxy) is 2. The predicted molar refractivity (Wildman–Crippen MR) is 89.7 cm³/mol. The zero-order valence-electron chi connectivity index (χ0n) is 13.1. The Morgan fingerprint density at radius 3 is 2.50 bits per heavy atom. The molecule has 0 atom stereocenters. The number of esters is 1. The highest BCUT2D eigenvalue weighted by atomic mass is 32.2. The van der Waals surface area contributed by atoms with Gasteiger partial charge in [0.1, 0.15) is 5.75 Å². The summed E-state index contributed by atoms with van der Waals surface area (Å²) in [6, 6.07) is 13.9. The molecule has 22 heavy (non-hydrogen) atoms. The quantitative estimate of drug-likeness (QED) is 0.582. The third kappa shape index (κ3) is 4.28. The molecule has 116 valence electrons. The molecule has 2 aromatic carbocycles. The van der Waals surface area contributed by atoms with Gasteiger partial charge in [0.25, 0.3) is 0 Å². The SMILES string of the molecule is CCOC(=O)c1cc(SCc2ccc(OC)cc2)ccc1C. The van der Waals surface area contributed by atoms with E-state index in [0.717, 1.165) is 22.0 Å². The van der Waals surface area contributed by atoms with E-state index in [0.29, 0.717) is 12.2 Å². The van der Waals surface area contributed by atoms with Gasteiger partial charge in [-0.25, -0.2) is 4.79 Å². The van der Waals surface area contributed by atoms with Crippen molar-refractivity contribution in [2.45, 2.75) is 24.5 Å². The Hall–Kier alpha value is -1.94. The van der Waals surface area contributed by atoms with Gasteiger partial charge in [-0.15, -0.1) is 11.8 Å². The lowest BCUT2D eigenvalue weighted by atomic mass is 10.1. The summed E-state index contributed by atoms with van der Waals surface area (Å²) >= 11 is 1.70. The lowest BCUT2D eigenvalue weighted by Gasteiger charge is -2.08. The molecule has 0 unspecified atom stereocenters. The fraction of sp³-hybridized carbons (Fsp3) is 0.278. The van der Waals surface area contributed by atoms with Gasteiger partial charge in [0, 0.05) is 10.6 Å². The number of hydrogen-bond donors (Lipinski definition) is 0. The van der Waals surface area contributed by atoms with Crippen molar-refractivity contribution in [1.29, 1.82) is 0 Å². The molecule has 0 radical (unpaired) electrons. The zero-order chi connectivity index (χ0) is 15.9. The van der Waals surface area contributed by atoms with Crippen molar-refractivity contribution in [2.24, 2.45) is 0 Å². The van der Waals surface area contributed by atoms with Crippen molar-refractivity contribution in [3.05, 3.63) is 59.2 Å². The predicted octanol–water partition coefficient (Wildman–Crippen LogP) is 4.47. The van der Waals surface area contributed by atoms with Gasteiger partial charge in [0.05, 0.1) is 19.3 Å². The first-order valence-electron chi connectivity index (χ1n) is 7.17. The van der Waals surface area contributed by atoms with Gasteiger partial charge < -0.3 is 9.47 Å². The molecule has 0 heterocycles. The van der Waals surface area contributed by atoms with Crippen LogP contribution in [-0.4, -0.2) is 19.7 Å². The number of aryl methyl sites for hydroxylation is 1. The Morgan fingerprint density at radius 1 is 1.14 bits per heavy atom. The van der Waals surface area contributed by atoms with Crippen LogP contribution in [0.3, 0.4) is 0 Å². The van der Waals surface area contributed by atoms with Gasteiger partial charge in [-0.2, -0.15) is 0 Å². The molecule has 2 rings (SSSR count). The Balaban J connectivity index is 2.06. The first-order valence-corrected chi connectivity index (χ1v) is 8.16. The first-order chi connectivity index (χ1) is 10.6. The molecule has 0 N–H and O–H groups in total. The Bertz CT molecular complexity index is 635. The minimum Gasteiger partial charge on any atom is -0.497 e. The summed E-state index contributed by atoms with van der Waals surface area (Å²) in [5.74, 6) is 1.44. The number of methoxy groups -OCH3 is 1. The molecule has 2 aromatic rings. The Morgan fingerprint density at radius 2 is 1.86 bits per heavy atom. The smallest absolute Gasteiger partial charge is 0.338 e. The fourth-order valence-corrected chi connectivity index (χ4v) is 2.90. The molecule has 0 aliphatic rings. The fourth-order valence-electron chi connectivity index (χ4n) is 2.01. The molecule has 3 nitrogen and oxygen atoms in total. The highest BCUT2D eigenvalue weighted by molar-refractivity contribution is 7.98. The molecule has 0 bridgehead atoms. The topological polar surface area (TPSA) is 35.5 Å². The normalized spacial score (nSPS) is 10.3. The summed E-state index contributed by atoms with van der Waals surface area (Å²) in [6.45, 7) is 4.13. The van der Waals surface area contributed by atoms with Crippen LogP contribution in [0.15, 0.2) is 47.4 Å². The lowest BCUT2D eigenvalue weighted by molar-refractivity contribution is 0.0525. The van der Waals surface area contributed by atoms with Crippen LogP contribution in [0.2, 0.25) is 0 Å². The molecule has 0 saturated heterocycles. The van der Waals surface area contributed by atoms with Gasteiger partial charge in [-0.05, 0) is 49.2 Å². The highest BCUT2D eigenvalue weighted by Gasteiger charge is 2.11. The number of thioether (sulfide) groups is 1. The number of benzene rings is 2. The maximum Gasteiger partial charge on any atom is 0.338 e. The first kappa shape index (κ1) is 16.4. The maximum atomic E-state index is 11.9. The van der Waals surface area contributed by atoms with Crippen LogP contribution < -0.4 is 4.74 Å². The van der Waals surface area contributed by atoms with Crippen LogP contribution >= 0.6 is 11.8 Å². The standard InChI is InChI=1S/C18H20O3S/c1-4-21-18(19)17-11-16(10-5-13(17)2)22-12-14-6-8-15(20-3)9-7-14/h5-11H,4,12H2,1-3H3. The summed E-state index contributed by atoms with van der Waals surface area (Å²) in [6.07, 6.45) is 0. The average molecular weight is 316 g/mol. The van der Waals surface area contributed by atoms with Crippen LogP contribution in [0.5, 0.6) is 5.75 Å². The van der Waals surface area contributed by atoms with Crippen LogP contribution in [0.25, 0.3) is 0 Å². The van der Waals surface area contributed by atoms with Gasteiger partial charge in [0.2, 0.25) is 0 Å². The molecule has 0 aromatic heterocycles. The zero-order valence-corrected chi connectivity index (χ0v) is 13.9. The lowest BCUT2D eigenvalue weighted by Crippen LogP contribution is -2.06. The Labute approximate surface area is 135 Å². The molecule has 4 heteroatoms. The van der Waals surface area contributed by atoms with Crippen molar-refractivity contribution in [1.82, 2.24) is 0 Å². The molecular weight excluding hydrogens is 296 g/mol. The second-order valence-corrected chi connectivity index (χ2v) is 5.88. The number of rotatable bonds is 6. The van der Waals surface area contributed by atoms with Crippen molar-refractivity contribution >= 4 is 17.7 Å². The van der Waals surface area contributed by atoms with Crippen molar-refractivity contribution in [3.63, 3.8) is 0 Å². The van der Waals surface area contributed by atoms with E-state index in [-0.39, 0.29) is 5.97 Å². The van der Waals surface area contributed by atoms with E-state index in [9.17, 15) is 4.79 Å². The summed E-state index contributed by atoms with van der Waals surface area (Å²) < 4.78 is 10.2.